The van der Waals surface area contributed by atoms with Crippen LogP contribution in [0.4, 0.5) is 0 Å². The Bertz CT molecular complexity index is 209. The third-order valence-corrected chi connectivity index (χ3v) is 4.55. The van der Waals surface area contributed by atoms with Crippen LogP contribution < -0.4 is 5.32 Å². The summed E-state index contributed by atoms with van der Waals surface area (Å²) in [6.07, 6.45) is 5.60. The second-order valence-electron chi connectivity index (χ2n) is 6.38. The van der Waals surface area contributed by atoms with Crippen molar-refractivity contribution in [3.05, 3.63) is 0 Å². The van der Waals surface area contributed by atoms with Crippen LogP contribution in [0.3, 0.4) is 0 Å². The van der Waals surface area contributed by atoms with Gasteiger partial charge in [0.2, 0.25) is 0 Å². The molecule has 0 amide bonds. The van der Waals surface area contributed by atoms with Gasteiger partial charge in [0.1, 0.15) is 0 Å². The van der Waals surface area contributed by atoms with Gasteiger partial charge in [-0.1, -0.05) is 27.7 Å². The van der Waals surface area contributed by atoms with Gasteiger partial charge >= 0.3 is 0 Å². The fourth-order valence-corrected chi connectivity index (χ4v) is 2.74. The molecule has 82 valence electrons. The first kappa shape index (κ1) is 10.5. The van der Waals surface area contributed by atoms with E-state index < -0.39 is 0 Å². The largest absolute Gasteiger partial charge is 0.311 e. The molecule has 2 fully saturated rings. The molecule has 4 atom stereocenters. The minimum atomic E-state index is 0.590. The van der Waals surface area contributed by atoms with Crippen molar-refractivity contribution < 1.29 is 0 Å². The molecule has 0 aromatic carbocycles. The molecule has 1 N–H and O–H groups in total. The van der Waals surface area contributed by atoms with Crippen LogP contribution in [-0.4, -0.2) is 12.1 Å². The van der Waals surface area contributed by atoms with Crippen molar-refractivity contribution in [3.63, 3.8) is 0 Å². The number of hydrogen-bond donors (Lipinski definition) is 1. The van der Waals surface area contributed by atoms with Gasteiger partial charge in [-0.3, -0.25) is 0 Å². The molecule has 2 saturated carbocycles. The molecule has 0 aromatic heterocycles. The normalized spacial score (nSPS) is 46.3. The Balaban J connectivity index is 1.78. The van der Waals surface area contributed by atoms with Crippen molar-refractivity contribution in [1.82, 2.24) is 5.32 Å². The number of rotatable bonds is 2. The maximum atomic E-state index is 3.83. The van der Waals surface area contributed by atoms with E-state index in [0.717, 1.165) is 23.9 Å². The van der Waals surface area contributed by atoms with Crippen molar-refractivity contribution in [2.45, 2.75) is 65.5 Å². The first-order valence-electron chi connectivity index (χ1n) is 6.25. The Morgan fingerprint density at radius 3 is 2.21 bits per heavy atom. The highest BCUT2D eigenvalue weighted by atomic mass is 15.0. The second-order valence-corrected chi connectivity index (χ2v) is 6.38. The third kappa shape index (κ3) is 2.13. The van der Waals surface area contributed by atoms with E-state index in [1.807, 2.05) is 0 Å². The molecule has 0 aliphatic heterocycles. The van der Waals surface area contributed by atoms with Crippen LogP contribution in [0, 0.1) is 17.3 Å². The zero-order chi connectivity index (χ0) is 10.3. The molecule has 0 saturated heterocycles. The second kappa shape index (κ2) is 3.52. The van der Waals surface area contributed by atoms with Crippen LogP contribution >= 0.6 is 0 Å². The first-order chi connectivity index (χ1) is 6.49. The molecule has 0 bridgehead atoms. The van der Waals surface area contributed by atoms with Crippen molar-refractivity contribution in [1.29, 1.82) is 0 Å². The lowest BCUT2D eigenvalue weighted by molar-refractivity contribution is 0.221. The summed E-state index contributed by atoms with van der Waals surface area (Å²) in [6, 6.07) is 1.63. The van der Waals surface area contributed by atoms with Gasteiger partial charge in [-0.25, -0.2) is 0 Å². The molecule has 1 nitrogen and oxygen atoms in total. The number of nitrogens with one attached hydrogen (secondary N) is 1. The molecule has 0 heterocycles. The minimum absolute atomic E-state index is 0.590. The quantitative estimate of drug-likeness (QED) is 0.713. The molecule has 0 spiro atoms. The Hall–Kier alpha value is -0.0400. The Morgan fingerprint density at radius 1 is 1.07 bits per heavy atom. The SMILES string of the molecule is CC1CCC(NC2CC2(C)C)CC1C. The summed E-state index contributed by atoms with van der Waals surface area (Å²) in [5.41, 5.74) is 0.590. The van der Waals surface area contributed by atoms with Crippen LogP contribution in [0.5, 0.6) is 0 Å². The van der Waals surface area contributed by atoms with E-state index in [0.29, 0.717) is 5.41 Å². The molecule has 2 rings (SSSR count). The van der Waals surface area contributed by atoms with Gasteiger partial charge < -0.3 is 5.32 Å². The van der Waals surface area contributed by atoms with Crippen LogP contribution in [-0.2, 0) is 0 Å². The standard InChI is InChI=1S/C13H25N/c1-9-5-6-11(7-10(9)2)14-12-8-13(12,3)4/h9-12,14H,5-8H2,1-4H3. The van der Waals surface area contributed by atoms with Gasteiger partial charge in [0.25, 0.3) is 0 Å². The highest BCUT2D eigenvalue weighted by molar-refractivity contribution is 5.03. The molecule has 0 radical (unpaired) electrons. The van der Waals surface area contributed by atoms with Crippen LogP contribution in [0.25, 0.3) is 0 Å². The molecular weight excluding hydrogens is 170 g/mol. The average molecular weight is 195 g/mol. The van der Waals surface area contributed by atoms with E-state index in [-0.39, 0.29) is 0 Å². The van der Waals surface area contributed by atoms with Gasteiger partial charge in [-0.05, 0) is 42.9 Å². The summed E-state index contributed by atoms with van der Waals surface area (Å²) >= 11 is 0. The summed E-state index contributed by atoms with van der Waals surface area (Å²) in [6.45, 7) is 9.57. The van der Waals surface area contributed by atoms with Crippen LogP contribution in [0.2, 0.25) is 0 Å². The van der Waals surface area contributed by atoms with E-state index in [1.54, 1.807) is 0 Å². The van der Waals surface area contributed by atoms with E-state index in [1.165, 1.54) is 25.7 Å². The summed E-state index contributed by atoms with van der Waals surface area (Å²) in [7, 11) is 0. The highest BCUT2D eigenvalue weighted by Gasteiger charge is 2.46. The number of hydrogen-bond acceptors (Lipinski definition) is 1. The van der Waals surface area contributed by atoms with E-state index in [9.17, 15) is 0 Å². The smallest absolute Gasteiger partial charge is 0.0127 e. The summed E-state index contributed by atoms with van der Waals surface area (Å²) < 4.78 is 0. The first-order valence-corrected chi connectivity index (χ1v) is 6.25. The van der Waals surface area contributed by atoms with Gasteiger partial charge in [0, 0.05) is 12.1 Å². The maximum absolute atomic E-state index is 3.83. The van der Waals surface area contributed by atoms with Gasteiger partial charge in [0.15, 0.2) is 0 Å². The zero-order valence-electron chi connectivity index (χ0n) is 10.1. The fourth-order valence-electron chi connectivity index (χ4n) is 2.74. The molecule has 1 heteroatoms. The van der Waals surface area contributed by atoms with Crippen LogP contribution in [0.1, 0.15) is 53.4 Å². The lowest BCUT2D eigenvalue weighted by Crippen LogP contribution is -2.38. The summed E-state index contributed by atoms with van der Waals surface area (Å²) in [4.78, 5) is 0. The molecule has 14 heavy (non-hydrogen) atoms. The van der Waals surface area contributed by atoms with Gasteiger partial charge in [0.05, 0.1) is 0 Å². The monoisotopic (exact) mass is 195 g/mol. The lowest BCUT2D eigenvalue weighted by Gasteiger charge is -2.33. The Labute approximate surface area is 88.7 Å². The van der Waals surface area contributed by atoms with Crippen molar-refractivity contribution in [2.24, 2.45) is 17.3 Å². The molecule has 0 aromatic rings. The molecule has 2 aliphatic carbocycles. The van der Waals surface area contributed by atoms with Gasteiger partial charge in [-0.2, -0.15) is 0 Å². The molecular formula is C13H25N. The van der Waals surface area contributed by atoms with Crippen molar-refractivity contribution in [3.8, 4) is 0 Å². The van der Waals surface area contributed by atoms with Gasteiger partial charge in [-0.15, -0.1) is 0 Å². The summed E-state index contributed by atoms with van der Waals surface area (Å²) in [5.74, 6) is 1.86. The topological polar surface area (TPSA) is 12.0 Å². The van der Waals surface area contributed by atoms with Crippen molar-refractivity contribution in [2.75, 3.05) is 0 Å². The fraction of sp³-hybridized carbons (Fsp3) is 1.00. The predicted molar refractivity (Wildman–Crippen MR) is 61.3 cm³/mol. The molecule has 2 aliphatic rings. The lowest BCUT2D eigenvalue weighted by atomic mass is 9.79. The van der Waals surface area contributed by atoms with E-state index >= 15 is 0 Å². The zero-order valence-corrected chi connectivity index (χ0v) is 10.1. The maximum Gasteiger partial charge on any atom is 0.0127 e. The highest BCUT2D eigenvalue weighted by Crippen LogP contribution is 2.45. The third-order valence-electron chi connectivity index (χ3n) is 4.55. The molecule has 4 unspecified atom stereocenters. The summed E-state index contributed by atoms with van der Waals surface area (Å²) in [5, 5.41) is 3.83. The Morgan fingerprint density at radius 2 is 1.71 bits per heavy atom. The van der Waals surface area contributed by atoms with Crippen LogP contribution in [0.15, 0.2) is 0 Å². The van der Waals surface area contributed by atoms with E-state index in [2.05, 4.69) is 33.0 Å². The minimum Gasteiger partial charge on any atom is -0.311 e. The van der Waals surface area contributed by atoms with Crippen molar-refractivity contribution >= 4 is 0 Å². The van der Waals surface area contributed by atoms with E-state index in [4.69, 9.17) is 0 Å². The average Bonchev–Trinajstić information content (AvgIpc) is 2.67. The Kier molecular flexibility index (Phi) is 2.63. The predicted octanol–water partition coefficient (Wildman–Crippen LogP) is 3.20.